The number of fused-ring (bicyclic) bond motifs is 1. The Morgan fingerprint density at radius 3 is 2.47 bits per heavy atom. The van der Waals surface area contributed by atoms with E-state index >= 15 is 0 Å². The number of rotatable bonds is 8. The fraction of sp³-hybridized carbons (Fsp3) is 0.250. The lowest BCUT2D eigenvalue weighted by Gasteiger charge is -2.14. The molecule has 0 aliphatic carbocycles. The molecule has 0 aromatic heterocycles. The number of carbonyl (C=O) groups is 3. The van der Waals surface area contributed by atoms with Crippen LogP contribution in [0.1, 0.15) is 32.7 Å². The van der Waals surface area contributed by atoms with Gasteiger partial charge in [-0.15, -0.1) is 0 Å². The van der Waals surface area contributed by atoms with Crippen LogP contribution in [0.25, 0.3) is 0 Å². The second-order valence-corrected chi connectivity index (χ2v) is 7.03. The van der Waals surface area contributed by atoms with Crippen LogP contribution in [0.5, 0.6) is 0 Å². The summed E-state index contributed by atoms with van der Waals surface area (Å²) in [4.78, 5) is 47.9. The van der Waals surface area contributed by atoms with E-state index in [1.165, 1.54) is 12.1 Å². The minimum Gasteiger partial charge on any atom is -0.338 e. The lowest BCUT2D eigenvalue weighted by atomic mass is 10.1. The molecule has 0 radical (unpaired) electrons. The van der Waals surface area contributed by atoms with Crippen LogP contribution in [-0.2, 0) is 6.42 Å². The van der Waals surface area contributed by atoms with Gasteiger partial charge in [-0.2, -0.15) is 0 Å². The van der Waals surface area contributed by atoms with Gasteiger partial charge in [-0.1, -0.05) is 29.8 Å². The lowest BCUT2D eigenvalue weighted by Crippen LogP contribution is -2.38. The number of hydrogen-bond donors (Lipinski definition) is 2. The van der Waals surface area contributed by atoms with Gasteiger partial charge in [0.05, 0.1) is 16.1 Å². The highest BCUT2D eigenvalue weighted by Crippen LogP contribution is 2.26. The molecular weight excluding hydrogens is 412 g/mol. The van der Waals surface area contributed by atoms with Gasteiger partial charge in [0.2, 0.25) is 0 Å². The number of nitro benzene ring substituents is 1. The van der Waals surface area contributed by atoms with Gasteiger partial charge in [-0.05, 0) is 30.5 Å². The van der Waals surface area contributed by atoms with Gasteiger partial charge in [0.1, 0.15) is 0 Å². The van der Waals surface area contributed by atoms with Gasteiger partial charge in [-0.25, -0.2) is 4.79 Å². The van der Waals surface area contributed by atoms with E-state index in [2.05, 4.69) is 10.6 Å². The monoisotopic (exact) mass is 430 g/mol. The minimum absolute atomic E-state index is 0.0273. The third-order valence-electron chi connectivity index (χ3n) is 4.65. The van der Waals surface area contributed by atoms with E-state index in [9.17, 15) is 24.5 Å². The zero-order chi connectivity index (χ0) is 21.7. The zero-order valence-corrected chi connectivity index (χ0v) is 16.6. The Morgan fingerprint density at radius 1 is 1.03 bits per heavy atom. The summed E-state index contributed by atoms with van der Waals surface area (Å²) in [6, 6.07) is 10.6. The van der Waals surface area contributed by atoms with E-state index in [1.54, 1.807) is 6.07 Å². The number of urea groups is 1. The van der Waals surface area contributed by atoms with Crippen molar-refractivity contribution < 1.29 is 19.3 Å². The number of imide groups is 1. The molecule has 0 unspecified atom stereocenters. The smallest absolute Gasteiger partial charge is 0.314 e. The second-order valence-electron chi connectivity index (χ2n) is 6.63. The molecule has 0 atom stereocenters. The Hall–Kier alpha value is -3.46. The number of carbonyl (C=O) groups excluding carboxylic acids is 3. The third-order valence-corrected chi connectivity index (χ3v) is 5.02. The summed E-state index contributed by atoms with van der Waals surface area (Å²) < 4.78 is 0. The zero-order valence-electron chi connectivity index (χ0n) is 15.9. The molecule has 2 N–H and O–H groups in total. The van der Waals surface area contributed by atoms with Crippen LogP contribution in [0.15, 0.2) is 42.5 Å². The Kier molecular flexibility index (Phi) is 6.63. The maximum Gasteiger partial charge on any atom is 0.314 e. The highest BCUT2D eigenvalue weighted by Gasteiger charge is 2.36. The molecule has 0 fully saturated rings. The van der Waals surface area contributed by atoms with Crippen molar-refractivity contribution in [3.05, 3.63) is 74.3 Å². The van der Waals surface area contributed by atoms with Crippen molar-refractivity contribution >= 4 is 35.1 Å². The third kappa shape index (κ3) is 4.74. The van der Waals surface area contributed by atoms with Gasteiger partial charge in [0.25, 0.3) is 17.5 Å². The molecule has 30 heavy (non-hydrogen) atoms. The number of amides is 4. The fourth-order valence-corrected chi connectivity index (χ4v) is 3.34. The summed E-state index contributed by atoms with van der Waals surface area (Å²) >= 11 is 6.06. The molecule has 9 nitrogen and oxygen atoms in total. The van der Waals surface area contributed by atoms with E-state index in [0.717, 1.165) is 16.5 Å². The summed E-state index contributed by atoms with van der Waals surface area (Å²) in [6.07, 6.45) is 0.944. The van der Waals surface area contributed by atoms with Crippen molar-refractivity contribution in [3.63, 3.8) is 0 Å². The van der Waals surface area contributed by atoms with Crippen molar-refractivity contribution in [2.75, 3.05) is 19.6 Å². The van der Waals surface area contributed by atoms with Crippen LogP contribution in [0.2, 0.25) is 5.02 Å². The van der Waals surface area contributed by atoms with E-state index in [-0.39, 0.29) is 35.9 Å². The van der Waals surface area contributed by atoms with Crippen LogP contribution in [0.4, 0.5) is 10.5 Å². The predicted molar refractivity (Wildman–Crippen MR) is 110 cm³/mol. The molecule has 2 aromatic carbocycles. The molecule has 3 rings (SSSR count). The largest absolute Gasteiger partial charge is 0.338 e. The number of halogens is 1. The van der Waals surface area contributed by atoms with Crippen molar-refractivity contribution in [2.24, 2.45) is 0 Å². The number of nitro groups is 1. The first kappa shape index (κ1) is 21.3. The average Bonchev–Trinajstić information content (AvgIpc) is 2.96. The Balaban J connectivity index is 1.41. The summed E-state index contributed by atoms with van der Waals surface area (Å²) in [5.41, 5.74) is 0.868. The molecule has 0 spiro atoms. The van der Waals surface area contributed by atoms with Gasteiger partial charge in [-0.3, -0.25) is 24.6 Å². The topological polar surface area (TPSA) is 122 Å². The molecule has 2 aromatic rings. The molecule has 1 aliphatic rings. The van der Waals surface area contributed by atoms with Crippen LogP contribution >= 0.6 is 11.6 Å². The van der Waals surface area contributed by atoms with Gasteiger partial charge in [0.15, 0.2) is 0 Å². The van der Waals surface area contributed by atoms with E-state index < -0.39 is 16.7 Å². The highest BCUT2D eigenvalue weighted by molar-refractivity contribution is 6.31. The maximum atomic E-state index is 12.4. The van der Waals surface area contributed by atoms with E-state index in [1.807, 2.05) is 18.2 Å². The first-order valence-electron chi connectivity index (χ1n) is 9.28. The fourth-order valence-electron chi connectivity index (χ4n) is 3.11. The standard InChI is InChI=1S/C20H19ClN4O5/c21-17-5-2-1-4-13(17)8-10-23-20(28)22-9-3-11-24-18(26)15-7-6-14(25(29)30)12-16(15)19(24)27/h1-2,4-7,12H,3,8-11H2,(H2,22,23,28). The molecule has 0 saturated carbocycles. The predicted octanol–water partition coefficient (Wildman–Crippen LogP) is 2.78. The van der Waals surface area contributed by atoms with Gasteiger partial charge in [0, 0.05) is 36.8 Å². The van der Waals surface area contributed by atoms with Crippen LogP contribution in [0.3, 0.4) is 0 Å². The van der Waals surface area contributed by atoms with Crippen LogP contribution < -0.4 is 10.6 Å². The SMILES string of the molecule is O=C(NCCCN1C(=O)c2ccc([N+](=O)[O-])cc2C1=O)NCCc1ccccc1Cl. The average molecular weight is 431 g/mol. The van der Waals surface area contributed by atoms with Crippen molar-refractivity contribution in [2.45, 2.75) is 12.8 Å². The first-order chi connectivity index (χ1) is 14.4. The summed E-state index contributed by atoms with van der Waals surface area (Å²) in [6.45, 7) is 0.762. The second kappa shape index (κ2) is 9.36. The summed E-state index contributed by atoms with van der Waals surface area (Å²) in [5, 5.41) is 16.9. The Morgan fingerprint density at radius 2 is 1.73 bits per heavy atom. The maximum absolute atomic E-state index is 12.4. The van der Waals surface area contributed by atoms with E-state index in [0.29, 0.717) is 24.4 Å². The van der Waals surface area contributed by atoms with Crippen molar-refractivity contribution in [1.82, 2.24) is 15.5 Å². The Bertz CT molecular complexity index is 1010. The molecule has 1 aliphatic heterocycles. The molecule has 10 heteroatoms. The highest BCUT2D eigenvalue weighted by atomic mass is 35.5. The first-order valence-corrected chi connectivity index (χ1v) is 9.66. The number of benzene rings is 2. The molecule has 1 heterocycles. The minimum atomic E-state index is -0.616. The quantitative estimate of drug-likeness (QED) is 0.288. The van der Waals surface area contributed by atoms with Crippen molar-refractivity contribution in [3.8, 4) is 0 Å². The number of nitrogens with one attached hydrogen (secondary N) is 2. The molecule has 0 bridgehead atoms. The van der Waals surface area contributed by atoms with E-state index in [4.69, 9.17) is 11.6 Å². The van der Waals surface area contributed by atoms with Crippen LogP contribution in [-0.4, -0.2) is 47.3 Å². The van der Waals surface area contributed by atoms with Gasteiger partial charge >= 0.3 is 6.03 Å². The molecular formula is C20H19ClN4O5. The number of hydrogen-bond acceptors (Lipinski definition) is 5. The number of nitrogens with zero attached hydrogens (tertiary/aromatic N) is 2. The van der Waals surface area contributed by atoms with Crippen LogP contribution in [0, 0.1) is 10.1 Å². The summed E-state index contributed by atoms with van der Waals surface area (Å²) in [7, 11) is 0. The summed E-state index contributed by atoms with van der Waals surface area (Å²) in [5.74, 6) is -1.06. The number of non-ortho nitro benzene ring substituents is 1. The molecule has 156 valence electrons. The lowest BCUT2D eigenvalue weighted by molar-refractivity contribution is -0.384. The van der Waals surface area contributed by atoms with Gasteiger partial charge < -0.3 is 10.6 Å². The normalized spacial score (nSPS) is 12.6. The molecule has 0 saturated heterocycles. The van der Waals surface area contributed by atoms with Crippen molar-refractivity contribution in [1.29, 1.82) is 0 Å². The Labute approximate surface area is 177 Å². The molecule has 4 amide bonds.